The fourth-order valence-corrected chi connectivity index (χ4v) is 4.80. The predicted molar refractivity (Wildman–Crippen MR) is 108 cm³/mol. The molecule has 1 heterocycles. The first kappa shape index (κ1) is 20.0. The molecule has 1 aromatic heterocycles. The van der Waals surface area contributed by atoms with Crippen molar-refractivity contribution in [3.05, 3.63) is 54.2 Å². The maximum absolute atomic E-state index is 13.3. The highest BCUT2D eigenvalue weighted by atomic mass is 32.2. The molecule has 0 aliphatic heterocycles. The van der Waals surface area contributed by atoms with E-state index in [-0.39, 0.29) is 16.4 Å². The molecule has 1 amide bonds. The molecule has 146 valence electrons. The van der Waals surface area contributed by atoms with Crippen molar-refractivity contribution < 1.29 is 22.7 Å². The lowest BCUT2D eigenvalue weighted by molar-refractivity contribution is -0.114. The lowest BCUT2D eigenvalue weighted by atomic mass is 10.2. The van der Waals surface area contributed by atoms with E-state index in [9.17, 15) is 18.0 Å². The summed E-state index contributed by atoms with van der Waals surface area (Å²) in [5.41, 5.74) is 0.924. The molecule has 28 heavy (non-hydrogen) atoms. The number of esters is 1. The van der Waals surface area contributed by atoms with Crippen LogP contribution in [0.25, 0.3) is 10.9 Å². The molecule has 0 unspecified atom stereocenters. The van der Waals surface area contributed by atoms with Crippen LogP contribution in [0.4, 0.5) is 5.69 Å². The highest BCUT2D eigenvalue weighted by molar-refractivity contribution is 7.98. The Morgan fingerprint density at radius 3 is 2.50 bits per heavy atom. The predicted octanol–water partition coefficient (Wildman–Crippen LogP) is 3.35. The van der Waals surface area contributed by atoms with Gasteiger partial charge in [-0.25, -0.2) is 17.2 Å². The zero-order valence-corrected chi connectivity index (χ0v) is 17.1. The third-order valence-electron chi connectivity index (χ3n) is 4.12. The molecule has 0 saturated carbocycles. The van der Waals surface area contributed by atoms with Crippen LogP contribution in [-0.2, 0) is 19.6 Å². The summed E-state index contributed by atoms with van der Waals surface area (Å²) in [4.78, 5) is 24.3. The van der Waals surface area contributed by atoms with Crippen LogP contribution in [-0.4, -0.2) is 37.6 Å². The molecule has 0 bridgehead atoms. The Morgan fingerprint density at radius 1 is 1.14 bits per heavy atom. The zero-order valence-electron chi connectivity index (χ0n) is 15.4. The maximum Gasteiger partial charge on any atom is 0.340 e. The molecular weight excluding hydrogens is 400 g/mol. The number of nitrogens with one attached hydrogen (secondary N) is 1. The Morgan fingerprint density at radius 2 is 1.86 bits per heavy atom. The number of methoxy groups -OCH3 is 1. The third-order valence-corrected chi connectivity index (χ3v) is 6.59. The second kappa shape index (κ2) is 7.69. The maximum atomic E-state index is 13.3. The van der Waals surface area contributed by atoms with Crippen LogP contribution in [0.2, 0.25) is 0 Å². The lowest BCUT2D eigenvalue weighted by Crippen LogP contribution is -2.14. The minimum atomic E-state index is -4.02. The van der Waals surface area contributed by atoms with Gasteiger partial charge < -0.3 is 10.1 Å². The number of benzene rings is 2. The summed E-state index contributed by atoms with van der Waals surface area (Å²) < 4.78 is 32.4. The van der Waals surface area contributed by atoms with Gasteiger partial charge in [-0.1, -0.05) is 18.2 Å². The molecule has 0 aliphatic rings. The molecule has 0 aliphatic carbocycles. The number of amides is 1. The SMILES string of the molecule is COC(=O)c1cn(S(=O)(=O)c2ccc(SC)c(NC(C)=O)c2)c2ccccc12. The topological polar surface area (TPSA) is 94.5 Å². The van der Waals surface area contributed by atoms with Crippen molar-refractivity contribution in [2.75, 3.05) is 18.7 Å². The first-order chi connectivity index (χ1) is 13.3. The van der Waals surface area contributed by atoms with Crippen LogP contribution in [0.1, 0.15) is 17.3 Å². The Kier molecular flexibility index (Phi) is 5.48. The second-order valence-corrected chi connectivity index (χ2v) is 8.56. The van der Waals surface area contributed by atoms with Gasteiger partial charge in [-0.3, -0.25) is 4.79 Å². The number of anilines is 1. The zero-order chi connectivity index (χ0) is 20.5. The molecule has 3 aromatic rings. The molecule has 0 radical (unpaired) electrons. The third kappa shape index (κ3) is 3.50. The number of hydrogen-bond donors (Lipinski definition) is 1. The van der Waals surface area contributed by atoms with E-state index in [1.807, 2.05) is 6.26 Å². The molecule has 2 aromatic carbocycles. The number of carbonyl (C=O) groups is 2. The van der Waals surface area contributed by atoms with E-state index in [1.165, 1.54) is 44.1 Å². The largest absolute Gasteiger partial charge is 0.465 e. The van der Waals surface area contributed by atoms with Crippen molar-refractivity contribution >= 4 is 50.3 Å². The van der Waals surface area contributed by atoms with E-state index in [2.05, 4.69) is 5.32 Å². The summed E-state index contributed by atoms with van der Waals surface area (Å²) in [7, 11) is -2.78. The van der Waals surface area contributed by atoms with Gasteiger partial charge in [0.2, 0.25) is 5.91 Å². The van der Waals surface area contributed by atoms with Gasteiger partial charge in [-0.2, -0.15) is 0 Å². The monoisotopic (exact) mass is 418 g/mol. The number of aromatic nitrogens is 1. The van der Waals surface area contributed by atoms with Crippen LogP contribution < -0.4 is 5.32 Å². The van der Waals surface area contributed by atoms with Crippen molar-refractivity contribution in [2.24, 2.45) is 0 Å². The first-order valence-corrected chi connectivity index (χ1v) is 10.9. The summed E-state index contributed by atoms with van der Waals surface area (Å²) in [6.45, 7) is 1.35. The van der Waals surface area contributed by atoms with Crippen molar-refractivity contribution in [2.45, 2.75) is 16.7 Å². The fraction of sp³-hybridized carbons (Fsp3) is 0.158. The van der Waals surface area contributed by atoms with E-state index in [0.29, 0.717) is 16.6 Å². The van der Waals surface area contributed by atoms with Crippen LogP contribution >= 0.6 is 11.8 Å². The van der Waals surface area contributed by atoms with Gasteiger partial charge in [0.1, 0.15) is 0 Å². The summed E-state index contributed by atoms with van der Waals surface area (Å²) in [5, 5.41) is 3.12. The Bertz CT molecular complexity index is 1180. The molecule has 7 nitrogen and oxygen atoms in total. The van der Waals surface area contributed by atoms with E-state index < -0.39 is 16.0 Å². The summed E-state index contributed by atoms with van der Waals surface area (Å²) in [6, 6.07) is 11.2. The number of nitrogens with zero attached hydrogens (tertiary/aromatic N) is 1. The standard InChI is InChI=1S/C19H18N2O5S2/c1-12(22)20-16-10-13(8-9-18(16)27-3)28(24,25)21-11-15(19(23)26-2)14-6-4-5-7-17(14)21/h4-11H,1-3H3,(H,20,22). The summed E-state index contributed by atoms with van der Waals surface area (Å²) in [5.74, 6) is -0.925. The molecule has 0 saturated heterocycles. The highest BCUT2D eigenvalue weighted by Gasteiger charge is 2.24. The lowest BCUT2D eigenvalue weighted by Gasteiger charge is -2.12. The second-order valence-electron chi connectivity index (χ2n) is 5.90. The van der Waals surface area contributed by atoms with Gasteiger partial charge in [0.15, 0.2) is 0 Å². The molecule has 3 rings (SSSR count). The number of thioether (sulfide) groups is 1. The van der Waals surface area contributed by atoms with Gasteiger partial charge in [0.25, 0.3) is 10.0 Å². The normalized spacial score (nSPS) is 11.4. The minimum absolute atomic E-state index is 0.00813. The summed E-state index contributed by atoms with van der Waals surface area (Å²) in [6.07, 6.45) is 3.09. The van der Waals surface area contributed by atoms with E-state index in [4.69, 9.17) is 4.74 Å². The van der Waals surface area contributed by atoms with Gasteiger partial charge >= 0.3 is 5.97 Å². The number of ether oxygens (including phenoxy) is 1. The average molecular weight is 418 g/mol. The van der Waals surface area contributed by atoms with Crippen molar-refractivity contribution in [1.82, 2.24) is 3.97 Å². The van der Waals surface area contributed by atoms with Crippen LogP contribution in [0.5, 0.6) is 0 Å². The minimum Gasteiger partial charge on any atom is -0.465 e. The van der Waals surface area contributed by atoms with Crippen molar-refractivity contribution in [3.63, 3.8) is 0 Å². The smallest absolute Gasteiger partial charge is 0.340 e. The summed E-state index contributed by atoms with van der Waals surface area (Å²) >= 11 is 1.39. The molecule has 0 spiro atoms. The van der Waals surface area contributed by atoms with E-state index >= 15 is 0 Å². The van der Waals surface area contributed by atoms with Crippen LogP contribution in [0.15, 0.2) is 58.5 Å². The molecule has 0 fully saturated rings. The number of para-hydroxylation sites is 1. The van der Waals surface area contributed by atoms with Crippen molar-refractivity contribution in [3.8, 4) is 0 Å². The average Bonchev–Trinajstić information content (AvgIpc) is 3.07. The van der Waals surface area contributed by atoms with Crippen LogP contribution in [0.3, 0.4) is 0 Å². The fourth-order valence-electron chi connectivity index (χ4n) is 2.87. The molecule has 9 heteroatoms. The Balaban J connectivity index is 2.22. The van der Waals surface area contributed by atoms with Gasteiger partial charge in [0, 0.05) is 23.4 Å². The van der Waals surface area contributed by atoms with Crippen LogP contribution in [0, 0.1) is 0 Å². The number of rotatable bonds is 5. The number of hydrogen-bond acceptors (Lipinski definition) is 6. The molecule has 1 N–H and O–H groups in total. The van der Waals surface area contributed by atoms with Gasteiger partial charge in [-0.15, -0.1) is 11.8 Å². The van der Waals surface area contributed by atoms with E-state index in [0.717, 1.165) is 8.87 Å². The number of fused-ring (bicyclic) bond motifs is 1. The number of carbonyl (C=O) groups excluding carboxylic acids is 2. The highest BCUT2D eigenvalue weighted by Crippen LogP contribution is 2.31. The quantitative estimate of drug-likeness (QED) is 0.504. The molecular formula is C19H18N2O5S2. The van der Waals surface area contributed by atoms with Gasteiger partial charge in [-0.05, 0) is 30.5 Å². The van der Waals surface area contributed by atoms with E-state index in [1.54, 1.807) is 30.3 Å². The van der Waals surface area contributed by atoms with Crippen molar-refractivity contribution in [1.29, 1.82) is 0 Å². The first-order valence-electron chi connectivity index (χ1n) is 8.19. The van der Waals surface area contributed by atoms with Gasteiger partial charge in [0.05, 0.1) is 28.8 Å². The Labute approximate surface area is 166 Å². The Hall–Kier alpha value is -2.78. The molecule has 0 atom stereocenters.